The predicted molar refractivity (Wildman–Crippen MR) is 182 cm³/mol. The second-order valence-electron chi connectivity index (χ2n) is 12.6. The van der Waals surface area contributed by atoms with Crippen molar-refractivity contribution in [2.24, 2.45) is 5.92 Å². The zero-order valence-corrected chi connectivity index (χ0v) is 28.7. The van der Waals surface area contributed by atoms with E-state index in [4.69, 9.17) is 32.7 Å². The van der Waals surface area contributed by atoms with E-state index in [2.05, 4.69) is 71.7 Å². The second kappa shape index (κ2) is 13.7. The summed E-state index contributed by atoms with van der Waals surface area (Å²) < 4.78 is 12.7. The summed E-state index contributed by atoms with van der Waals surface area (Å²) in [5.74, 6) is 3.55. The van der Waals surface area contributed by atoms with Crippen molar-refractivity contribution < 1.29 is 14.3 Å². The van der Waals surface area contributed by atoms with Gasteiger partial charge in [0.15, 0.2) is 10.3 Å². The molecule has 6 rings (SSSR count). The van der Waals surface area contributed by atoms with Crippen LogP contribution in [-0.4, -0.2) is 55.8 Å². The molecule has 0 aliphatic carbocycles. The van der Waals surface area contributed by atoms with Crippen LogP contribution in [0.2, 0.25) is 10.3 Å². The van der Waals surface area contributed by atoms with Gasteiger partial charge in [0, 0.05) is 46.3 Å². The third kappa shape index (κ3) is 6.50. The Labute approximate surface area is 280 Å². The molecule has 2 aromatic carbocycles. The van der Waals surface area contributed by atoms with E-state index in [0.717, 1.165) is 82.2 Å². The average molecular weight is 666 g/mol. The third-order valence-electron chi connectivity index (χ3n) is 8.81. The van der Waals surface area contributed by atoms with Crippen molar-refractivity contribution >= 4 is 29.1 Å². The summed E-state index contributed by atoms with van der Waals surface area (Å²) in [7, 11) is 2.08. The number of rotatable bonds is 13. The van der Waals surface area contributed by atoms with E-state index in [-0.39, 0.29) is 5.91 Å². The molecule has 1 atom stereocenters. The van der Waals surface area contributed by atoms with Gasteiger partial charge in [0.1, 0.15) is 36.4 Å². The van der Waals surface area contributed by atoms with Crippen molar-refractivity contribution in [3.63, 3.8) is 0 Å². The highest BCUT2D eigenvalue weighted by Gasteiger charge is 2.31. The molecule has 4 heterocycles. The number of aromatic amines is 2. The molecule has 2 aliphatic rings. The maximum atomic E-state index is 13.0. The summed E-state index contributed by atoms with van der Waals surface area (Å²) in [6.45, 7) is 12.0. The molecule has 0 saturated heterocycles. The number of hydrogen-bond donors (Lipinski definition) is 2. The zero-order chi connectivity index (χ0) is 32.5. The van der Waals surface area contributed by atoms with Gasteiger partial charge in [0.05, 0.1) is 24.5 Å². The first-order valence-electron chi connectivity index (χ1n) is 16.2. The van der Waals surface area contributed by atoms with Gasteiger partial charge in [-0.1, -0.05) is 57.3 Å². The Morgan fingerprint density at radius 2 is 1.37 bits per heavy atom. The number of carbonyl (C=O) groups excluding carboxylic acids is 1. The molecule has 11 heteroatoms. The zero-order valence-electron chi connectivity index (χ0n) is 27.2. The van der Waals surface area contributed by atoms with Gasteiger partial charge in [0.25, 0.3) is 0 Å². The summed E-state index contributed by atoms with van der Waals surface area (Å²) >= 11 is 13.3. The number of hydrogen-bond acceptors (Lipinski definition) is 6. The van der Waals surface area contributed by atoms with Crippen LogP contribution in [0.5, 0.6) is 11.5 Å². The van der Waals surface area contributed by atoms with Crippen LogP contribution in [0.15, 0.2) is 24.3 Å². The van der Waals surface area contributed by atoms with Crippen molar-refractivity contribution in [1.82, 2.24) is 29.7 Å². The highest BCUT2D eigenvalue weighted by Crippen LogP contribution is 2.51. The molecule has 2 N–H and O–H groups in total. The number of imidazole rings is 2. The summed E-state index contributed by atoms with van der Waals surface area (Å²) in [4.78, 5) is 33.1. The molecule has 0 radical (unpaired) electrons. The highest BCUT2D eigenvalue weighted by molar-refractivity contribution is 6.32. The largest absolute Gasteiger partial charge is 0.488 e. The first-order chi connectivity index (χ1) is 22.2. The Kier molecular flexibility index (Phi) is 9.64. The molecule has 0 spiro atoms. The van der Waals surface area contributed by atoms with E-state index in [1.165, 1.54) is 0 Å². The molecule has 0 fully saturated rings. The smallest absolute Gasteiger partial charge is 0.223 e. The minimum absolute atomic E-state index is 0.140. The first-order valence-corrected chi connectivity index (χ1v) is 17.0. The van der Waals surface area contributed by atoms with Crippen molar-refractivity contribution in [3.05, 3.63) is 57.3 Å². The van der Waals surface area contributed by atoms with Gasteiger partial charge in [-0.15, -0.1) is 0 Å². The molecule has 1 unspecified atom stereocenters. The van der Waals surface area contributed by atoms with E-state index < -0.39 is 0 Å². The number of nitrogens with zero attached hydrogens (tertiary/aromatic N) is 4. The Hall–Kier alpha value is -3.53. The van der Waals surface area contributed by atoms with Gasteiger partial charge in [-0.2, -0.15) is 0 Å². The number of carbonyl (C=O) groups is 1. The summed E-state index contributed by atoms with van der Waals surface area (Å²) in [5, 5.41) is 0.807. The molecule has 46 heavy (non-hydrogen) atoms. The van der Waals surface area contributed by atoms with Gasteiger partial charge in [-0.25, -0.2) is 9.97 Å². The third-order valence-corrected chi connectivity index (χ3v) is 9.36. The minimum Gasteiger partial charge on any atom is -0.488 e. The quantitative estimate of drug-likeness (QED) is 0.149. The van der Waals surface area contributed by atoms with Gasteiger partial charge in [-0.05, 0) is 56.6 Å². The average Bonchev–Trinajstić information content (AvgIpc) is 3.59. The molecule has 0 bridgehead atoms. The van der Waals surface area contributed by atoms with Crippen LogP contribution >= 0.6 is 23.2 Å². The number of halogens is 2. The number of aromatic nitrogens is 4. The lowest BCUT2D eigenvalue weighted by molar-refractivity contribution is -0.132. The van der Waals surface area contributed by atoms with Crippen molar-refractivity contribution in [2.75, 3.05) is 20.1 Å². The first kappa shape index (κ1) is 32.4. The molecular formula is C35H42Cl2N6O3. The highest BCUT2D eigenvalue weighted by atomic mass is 35.5. The van der Waals surface area contributed by atoms with Crippen molar-refractivity contribution in [1.29, 1.82) is 0 Å². The van der Waals surface area contributed by atoms with Gasteiger partial charge in [-0.3, -0.25) is 9.69 Å². The summed E-state index contributed by atoms with van der Waals surface area (Å²) in [5.41, 5.74) is 7.38. The van der Waals surface area contributed by atoms with E-state index in [1.54, 1.807) is 0 Å². The van der Waals surface area contributed by atoms with Crippen molar-refractivity contribution in [3.8, 4) is 45.1 Å². The summed E-state index contributed by atoms with van der Waals surface area (Å²) in [6, 6.07) is 8.23. The SMILES string of the molecule is CCCN(C)Cc1nc(Cl)c(-c2cc3c4c(c2)OCc2cc(-c5[nH]c(CN(CCC)C(=O)CC(C)CC)nc5Cl)cc(c2-4)OC3)[nH]1. The lowest BCUT2D eigenvalue weighted by atomic mass is 9.87. The Morgan fingerprint density at radius 3 is 1.87 bits per heavy atom. The van der Waals surface area contributed by atoms with E-state index in [0.29, 0.717) is 67.0 Å². The van der Waals surface area contributed by atoms with Gasteiger partial charge < -0.3 is 24.3 Å². The van der Waals surface area contributed by atoms with Crippen LogP contribution < -0.4 is 9.47 Å². The van der Waals surface area contributed by atoms with E-state index in [9.17, 15) is 4.79 Å². The standard InChI is InChI=1S/C35H42Cl2N6O3/c1-6-9-42(5)16-27-38-32(34(36)40-27)21-12-23-18-46-26-15-22(13-24-19-45-25(14-21)30(23)31(24)26)33-35(37)41-28(39-33)17-43(10-7-2)29(44)11-20(4)8-3/h12-15,20H,6-11,16-19H2,1-5H3,(H,38,40)(H,39,41). The number of benzene rings is 2. The van der Waals surface area contributed by atoms with E-state index >= 15 is 0 Å². The normalized spacial score (nSPS) is 13.7. The molecule has 244 valence electrons. The fraction of sp³-hybridized carbons (Fsp3) is 0.457. The Bertz CT molecular complexity index is 1700. The molecule has 1 amide bonds. The lowest BCUT2D eigenvalue weighted by Crippen LogP contribution is -2.32. The minimum atomic E-state index is 0.140. The van der Waals surface area contributed by atoms with E-state index in [1.807, 2.05) is 17.0 Å². The Morgan fingerprint density at radius 1 is 0.848 bits per heavy atom. The number of amides is 1. The molecule has 2 aromatic heterocycles. The summed E-state index contributed by atoms with van der Waals surface area (Å²) in [6.07, 6.45) is 3.44. The monoisotopic (exact) mass is 664 g/mol. The number of ether oxygens (including phenoxy) is 2. The van der Waals surface area contributed by atoms with Crippen LogP contribution in [0.1, 0.15) is 76.2 Å². The van der Waals surface area contributed by atoms with Crippen LogP contribution in [0.3, 0.4) is 0 Å². The molecule has 4 aromatic rings. The van der Waals surface area contributed by atoms with Gasteiger partial charge in [0.2, 0.25) is 5.91 Å². The molecule has 2 aliphatic heterocycles. The molecule has 0 saturated carbocycles. The van der Waals surface area contributed by atoms with Crippen LogP contribution in [-0.2, 0) is 31.1 Å². The number of H-pyrrole nitrogens is 2. The predicted octanol–water partition coefficient (Wildman–Crippen LogP) is 8.24. The fourth-order valence-electron chi connectivity index (χ4n) is 6.33. The van der Waals surface area contributed by atoms with Gasteiger partial charge >= 0.3 is 0 Å². The van der Waals surface area contributed by atoms with Crippen LogP contribution in [0, 0.1) is 5.92 Å². The topological polar surface area (TPSA) is 99.4 Å². The van der Waals surface area contributed by atoms with Crippen molar-refractivity contribution in [2.45, 2.75) is 79.7 Å². The fourth-order valence-corrected chi connectivity index (χ4v) is 6.85. The Balaban J connectivity index is 1.28. The molecule has 9 nitrogen and oxygen atoms in total. The second-order valence-corrected chi connectivity index (χ2v) is 13.3. The number of nitrogens with one attached hydrogen (secondary N) is 2. The maximum Gasteiger partial charge on any atom is 0.223 e. The maximum absolute atomic E-state index is 13.0. The molecular weight excluding hydrogens is 623 g/mol. The van der Waals surface area contributed by atoms with Crippen LogP contribution in [0.25, 0.3) is 33.6 Å². The van der Waals surface area contributed by atoms with Crippen LogP contribution in [0.4, 0.5) is 0 Å². The lowest BCUT2D eigenvalue weighted by Gasteiger charge is -2.30.